The van der Waals surface area contributed by atoms with E-state index in [2.05, 4.69) is 41.3 Å². The van der Waals surface area contributed by atoms with E-state index in [0.29, 0.717) is 38.8 Å². The summed E-state index contributed by atoms with van der Waals surface area (Å²) in [7, 11) is 1.65. The third kappa shape index (κ3) is 4.15. The summed E-state index contributed by atoms with van der Waals surface area (Å²) in [6, 6.07) is 18.3. The van der Waals surface area contributed by atoms with Gasteiger partial charge in [-0.1, -0.05) is 72.8 Å². The topological polar surface area (TPSA) is 32.8 Å². The maximum absolute atomic E-state index is 16.8. The van der Waals surface area contributed by atoms with Crippen LogP contribution < -0.4 is 4.74 Å². The van der Waals surface area contributed by atoms with Crippen LogP contribution in [0.15, 0.2) is 102 Å². The summed E-state index contributed by atoms with van der Waals surface area (Å²) >= 11 is 0. The van der Waals surface area contributed by atoms with Gasteiger partial charge in [-0.25, -0.2) is 4.39 Å². The Morgan fingerprint density at radius 3 is 2.49 bits per heavy atom. The number of nitrogens with zero attached hydrogens (tertiary/aromatic N) is 2. The molecule has 2 aliphatic carbocycles. The predicted molar refractivity (Wildman–Crippen MR) is 143 cm³/mol. The SMILES string of the molecule is COc1ccc(CC2C(=O)CC=C3N(C4(F)CCN(Cc5ccccc5)CC4)C=C4C=CC=CC432)cc1. The number of allylic oxidation sites excluding steroid dienone is 5. The van der Waals surface area contributed by atoms with Crippen LogP contribution in [0.5, 0.6) is 5.75 Å². The molecule has 1 spiro atoms. The summed E-state index contributed by atoms with van der Waals surface area (Å²) in [4.78, 5) is 17.6. The number of ketones is 1. The number of benzene rings is 2. The van der Waals surface area contributed by atoms with Crippen molar-refractivity contribution < 1.29 is 13.9 Å². The predicted octanol–water partition coefficient (Wildman–Crippen LogP) is 5.98. The van der Waals surface area contributed by atoms with E-state index in [1.165, 1.54) is 5.56 Å². The second-order valence-corrected chi connectivity index (χ2v) is 10.6. The lowest BCUT2D eigenvalue weighted by Crippen LogP contribution is -2.52. The molecule has 1 saturated heterocycles. The molecule has 0 radical (unpaired) electrons. The molecule has 0 aromatic heterocycles. The van der Waals surface area contributed by atoms with Gasteiger partial charge >= 0.3 is 0 Å². The number of carbonyl (C=O) groups is 1. The van der Waals surface area contributed by atoms with Gasteiger partial charge in [0.05, 0.1) is 12.5 Å². The molecule has 0 amide bonds. The zero-order valence-electron chi connectivity index (χ0n) is 21.3. The Balaban J connectivity index is 1.26. The summed E-state index contributed by atoms with van der Waals surface area (Å²) in [6.45, 7) is 2.24. The van der Waals surface area contributed by atoms with Crippen molar-refractivity contribution in [3.63, 3.8) is 0 Å². The minimum atomic E-state index is -1.47. The third-order valence-corrected chi connectivity index (χ3v) is 8.51. The van der Waals surface area contributed by atoms with Crippen molar-refractivity contribution in [3.05, 3.63) is 114 Å². The largest absolute Gasteiger partial charge is 0.497 e. The minimum absolute atomic E-state index is 0.206. The highest BCUT2D eigenvalue weighted by atomic mass is 19.1. The number of hydrogen-bond donors (Lipinski definition) is 0. The monoisotopic (exact) mass is 496 g/mol. The maximum atomic E-state index is 16.8. The van der Waals surface area contributed by atoms with E-state index >= 15 is 4.39 Å². The molecule has 6 rings (SSSR count). The molecule has 4 aliphatic rings. The van der Waals surface area contributed by atoms with E-state index in [1.807, 2.05) is 59.7 Å². The molecule has 2 aliphatic heterocycles. The van der Waals surface area contributed by atoms with E-state index in [1.54, 1.807) is 7.11 Å². The molecule has 2 atom stereocenters. The Bertz CT molecular complexity index is 1290. The van der Waals surface area contributed by atoms with Crippen molar-refractivity contribution >= 4 is 5.78 Å². The van der Waals surface area contributed by atoms with Crippen LogP contribution in [0.1, 0.15) is 30.4 Å². The molecule has 0 N–H and O–H groups in total. The normalized spacial score (nSPS) is 26.4. The van der Waals surface area contributed by atoms with E-state index in [-0.39, 0.29) is 11.7 Å². The van der Waals surface area contributed by atoms with E-state index in [0.717, 1.165) is 29.1 Å². The lowest BCUT2D eigenvalue weighted by Gasteiger charge is -2.47. The summed E-state index contributed by atoms with van der Waals surface area (Å²) in [5.74, 6) is -0.746. The zero-order chi connectivity index (χ0) is 25.5. The number of hydrogen-bond acceptors (Lipinski definition) is 4. The van der Waals surface area contributed by atoms with Crippen LogP contribution in [0.3, 0.4) is 0 Å². The summed E-state index contributed by atoms with van der Waals surface area (Å²) in [6.07, 6.45) is 14.0. The summed E-state index contributed by atoms with van der Waals surface area (Å²) < 4.78 is 22.1. The average Bonchev–Trinajstić information content (AvgIpc) is 3.29. The Morgan fingerprint density at radius 2 is 1.76 bits per heavy atom. The van der Waals surface area contributed by atoms with Gasteiger partial charge in [0.15, 0.2) is 5.79 Å². The standard InChI is InChI=1S/C32H33FN2O2/c1-37-27-12-10-24(11-13-27)21-28-29(36)14-15-30-32(28)16-6-5-9-26(32)23-35(30)31(33)17-19-34(20-18-31)22-25-7-3-2-4-8-25/h2-13,15-16,23,28H,14,17-22H2,1H3. The molecule has 2 aromatic carbocycles. The zero-order valence-corrected chi connectivity index (χ0v) is 21.3. The quantitative estimate of drug-likeness (QED) is 0.461. The molecular weight excluding hydrogens is 463 g/mol. The smallest absolute Gasteiger partial charge is 0.188 e. The van der Waals surface area contributed by atoms with Gasteiger partial charge in [-0.15, -0.1) is 0 Å². The first-order chi connectivity index (χ1) is 18.0. The summed E-state index contributed by atoms with van der Waals surface area (Å²) in [5.41, 5.74) is 3.66. The Kier molecular flexibility index (Phi) is 6.12. The Hall–Kier alpha value is -3.44. The number of methoxy groups -OCH3 is 1. The number of alkyl halides is 1. The van der Waals surface area contributed by atoms with Gasteiger partial charge in [0.1, 0.15) is 11.5 Å². The van der Waals surface area contributed by atoms with E-state index < -0.39 is 11.2 Å². The van der Waals surface area contributed by atoms with Crippen LogP contribution in [0.4, 0.5) is 4.39 Å². The van der Waals surface area contributed by atoms with Crippen LogP contribution in [0, 0.1) is 11.3 Å². The second-order valence-electron chi connectivity index (χ2n) is 10.6. The van der Waals surface area contributed by atoms with Gasteiger partial charge in [0.2, 0.25) is 0 Å². The average molecular weight is 497 g/mol. The molecular formula is C32H33FN2O2. The first-order valence-electron chi connectivity index (χ1n) is 13.2. The molecule has 5 heteroatoms. The Morgan fingerprint density at radius 1 is 1.00 bits per heavy atom. The van der Waals surface area contributed by atoms with Crippen molar-refractivity contribution in [2.24, 2.45) is 11.3 Å². The van der Waals surface area contributed by atoms with Gasteiger partial charge in [0, 0.05) is 56.7 Å². The van der Waals surface area contributed by atoms with Crippen molar-refractivity contribution in [3.8, 4) is 5.75 Å². The fraction of sp³-hybridized carbons (Fsp3) is 0.344. The number of carbonyl (C=O) groups excluding carboxylic acids is 1. The van der Waals surface area contributed by atoms with E-state index in [4.69, 9.17) is 4.74 Å². The van der Waals surface area contributed by atoms with Crippen molar-refractivity contribution in [1.29, 1.82) is 0 Å². The molecule has 2 unspecified atom stereocenters. The van der Waals surface area contributed by atoms with Crippen LogP contribution in [-0.2, 0) is 17.8 Å². The molecule has 0 bridgehead atoms. The van der Waals surface area contributed by atoms with Crippen LogP contribution in [-0.4, -0.2) is 41.6 Å². The van der Waals surface area contributed by atoms with Crippen molar-refractivity contribution in [2.45, 2.75) is 38.0 Å². The fourth-order valence-electron chi connectivity index (χ4n) is 6.49. The number of likely N-dealkylation sites (tertiary alicyclic amines) is 1. The number of Topliss-reactive ketones (excluding diaryl/α,β-unsaturated/α-hetero) is 1. The molecule has 190 valence electrons. The molecule has 2 heterocycles. The van der Waals surface area contributed by atoms with E-state index in [9.17, 15) is 4.79 Å². The second kappa shape index (κ2) is 9.46. The van der Waals surface area contributed by atoms with Gasteiger partial charge in [-0.05, 0) is 35.3 Å². The highest BCUT2D eigenvalue weighted by molar-refractivity contribution is 5.88. The maximum Gasteiger partial charge on any atom is 0.188 e. The molecule has 4 nitrogen and oxygen atoms in total. The van der Waals surface area contributed by atoms with Crippen molar-refractivity contribution in [2.75, 3.05) is 20.2 Å². The van der Waals surface area contributed by atoms with Gasteiger partial charge in [-0.3, -0.25) is 9.69 Å². The van der Waals surface area contributed by atoms with Gasteiger partial charge in [-0.2, -0.15) is 0 Å². The first-order valence-corrected chi connectivity index (χ1v) is 13.2. The van der Waals surface area contributed by atoms with Gasteiger partial charge < -0.3 is 9.64 Å². The highest BCUT2D eigenvalue weighted by Gasteiger charge is 2.57. The van der Waals surface area contributed by atoms with Crippen LogP contribution in [0.25, 0.3) is 0 Å². The first kappa shape index (κ1) is 23.9. The third-order valence-electron chi connectivity index (χ3n) is 8.51. The highest BCUT2D eigenvalue weighted by Crippen LogP contribution is 2.58. The number of piperidine rings is 1. The number of rotatable bonds is 6. The fourth-order valence-corrected chi connectivity index (χ4v) is 6.49. The van der Waals surface area contributed by atoms with Crippen LogP contribution in [0.2, 0.25) is 0 Å². The van der Waals surface area contributed by atoms with Gasteiger partial charge in [0.25, 0.3) is 0 Å². The lowest BCUT2D eigenvalue weighted by molar-refractivity contribution is -0.125. The number of ether oxygens (including phenoxy) is 1. The molecule has 1 fully saturated rings. The molecule has 2 aromatic rings. The Labute approximate surface area is 218 Å². The number of halogens is 1. The lowest BCUT2D eigenvalue weighted by atomic mass is 9.61. The molecule has 0 saturated carbocycles. The molecule has 37 heavy (non-hydrogen) atoms. The van der Waals surface area contributed by atoms with Crippen LogP contribution >= 0.6 is 0 Å². The summed E-state index contributed by atoms with van der Waals surface area (Å²) in [5, 5.41) is 0. The minimum Gasteiger partial charge on any atom is -0.497 e. The van der Waals surface area contributed by atoms with Crippen molar-refractivity contribution in [1.82, 2.24) is 9.80 Å².